The van der Waals surface area contributed by atoms with Gasteiger partial charge >= 0.3 is 0 Å². The van der Waals surface area contributed by atoms with Crippen LogP contribution in [-0.2, 0) is 16.6 Å². The van der Waals surface area contributed by atoms with Crippen molar-refractivity contribution in [1.29, 1.82) is 0 Å². The zero-order valence-electron chi connectivity index (χ0n) is 22.9. The second-order valence-electron chi connectivity index (χ2n) is 11.6. The van der Waals surface area contributed by atoms with Crippen LogP contribution >= 0.6 is 0 Å². The number of ether oxygens (including phenoxy) is 1. The Balaban J connectivity index is 1.09. The molecular weight excluding hydrogens is 541 g/mol. The lowest BCUT2D eigenvalue weighted by Crippen LogP contribution is -2.36. The molecule has 1 saturated heterocycles. The molecule has 4 aromatic heterocycles. The third kappa shape index (κ3) is 4.23. The molecule has 2 aliphatic carbocycles. The van der Waals surface area contributed by atoms with E-state index in [2.05, 4.69) is 43.0 Å². The van der Waals surface area contributed by atoms with Crippen molar-refractivity contribution < 1.29 is 18.7 Å². The largest absolute Gasteiger partial charge is 0.487 e. The molecule has 0 bridgehead atoms. The molecule has 1 aliphatic heterocycles. The highest BCUT2D eigenvalue weighted by Crippen LogP contribution is 2.67. The van der Waals surface area contributed by atoms with Crippen molar-refractivity contribution in [3.8, 4) is 17.0 Å². The second-order valence-corrected chi connectivity index (χ2v) is 12.2. The second kappa shape index (κ2) is 9.23. The number of hydrogen-bond acceptors (Lipinski definition) is 6. The van der Waals surface area contributed by atoms with Gasteiger partial charge in [-0.3, -0.25) is 19.3 Å². The van der Waals surface area contributed by atoms with Crippen LogP contribution in [0.4, 0.5) is 10.2 Å². The minimum atomic E-state index is -0.513. The number of nitrogens with one attached hydrogen (secondary N) is 2. The summed E-state index contributed by atoms with van der Waals surface area (Å²) >= 11 is 0. The van der Waals surface area contributed by atoms with E-state index in [1.807, 2.05) is 25.3 Å². The first-order valence-electron chi connectivity index (χ1n) is 13.7. The van der Waals surface area contributed by atoms with Crippen molar-refractivity contribution in [2.24, 2.45) is 24.3 Å². The fraction of sp³-hybridized carbons (Fsp3) is 0.414. The Morgan fingerprint density at radius 1 is 1.32 bits per heavy atom. The molecular formula is C29H29FN7O3Si. The molecule has 6 atom stereocenters. The number of carbonyl (C=O) groups excluding carboxylic acids is 2. The number of nitrogens with zero attached hydrogens (tertiary/aromatic N) is 5. The number of aromatic nitrogens is 5. The number of rotatable bonds is 7. The van der Waals surface area contributed by atoms with Crippen molar-refractivity contribution in [1.82, 2.24) is 29.7 Å². The van der Waals surface area contributed by atoms with E-state index >= 15 is 4.39 Å². The summed E-state index contributed by atoms with van der Waals surface area (Å²) in [5.41, 5.74) is 3.43. The van der Waals surface area contributed by atoms with E-state index in [1.54, 1.807) is 30.1 Å². The summed E-state index contributed by atoms with van der Waals surface area (Å²) in [6.07, 6.45) is 5.84. The Kier molecular flexibility index (Phi) is 5.83. The Morgan fingerprint density at radius 3 is 2.85 bits per heavy atom. The smallest absolute Gasteiger partial charge is 0.229 e. The molecule has 1 unspecified atom stereocenters. The summed E-state index contributed by atoms with van der Waals surface area (Å²) < 4.78 is 24.6. The van der Waals surface area contributed by atoms with E-state index in [-0.39, 0.29) is 47.3 Å². The monoisotopic (exact) mass is 570 g/mol. The van der Waals surface area contributed by atoms with E-state index in [4.69, 9.17) is 4.74 Å². The highest BCUT2D eigenvalue weighted by Gasteiger charge is 2.67. The normalized spacial score (nSPS) is 28.2. The molecule has 41 heavy (non-hydrogen) atoms. The fourth-order valence-corrected chi connectivity index (χ4v) is 7.21. The fourth-order valence-electron chi connectivity index (χ4n) is 6.43. The zero-order valence-corrected chi connectivity index (χ0v) is 23.9. The molecule has 2 amide bonds. The van der Waals surface area contributed by atoms with Gasteiger partial charge in [-0.05, 0) is 42.5 Å². The molecule has 2 saturated carbocycles. The number of amides is 2. The van der Waals surface area contributed by atoms with Crippen LogP contribution in [0.25, 0.3) is 16.8 Å². The average molecular weight is 571 g/mol. The van der Waals surface area contributed by atoms with Crippen molar-refractivity contribution in [2.45, 2.75) is 44.2 Å². The van der Waals surface area contributed by atoms with Crippen LogP contribution in [-0.4, -0.2) is 59.1 Å². The van der Waals surface area contributed by atoms with Gasteiger partial charge in [-0.1, -0.05) is 13.0 Å². The molecule has 5 heterocycles. The first-order valence-corrected chi connectivity index (χ1v) is 14.3. The van der Waals surface area contributed by atoms with E-state index in [9.17, 15) is 9.59 Å². The number of anilines is 1. The lowest BCUT2D eigenvalue weighted by molar-refractivity contribution is -0.119. The minimum absolute atomic E-state index is 0.0155. The molecule has 10 nitrogen and oxygen atoms in total. The van der Waals surface area contributed by atoms with E-state index in [1.165, 1.54) is 10.7 Å². The van der Waals surface area contributed by atoms with Crippen LogP contribution in [0.15, 0.2) is 42.9 Å². The lowest BCUT2D eigenvalue weighted by atomic mass is 9.95. The van der Waals surface area contributed by atoms with E-state index in [0.717, 1.165) is 17.7 Å². The van der Waals surface area contributed by atoms with Crippen LogP contribution in [0.5, 0.6) is 5.75 Å². The predicted molar refractivity (Wildman–Crippen MR) is 149 cm³/mol. The zero-order chi connectivity index (χ0) is 28.6. The van der Waals surface area contributed by atoms with Gasteiger partial charge in [0.05, 0.1) is 24.0 Å². The maximum absolute atomic E-state index is 15.4. The SMILES string of the molecule is Cc1ccc([C@@H]2C[C@@H]2C(=O)Nc2cc3cc(-c4c(OC[C@H]5NC(=O)C[C@@]56C(C)[C@H]6[Si])cnn4C)c(F)cn3n2)nc1. The molecule has 3 radical (unpaired) electrons. The number of carbonyl (C=O) groups is 2. The number of aryl methyl sites for hydroxylation is 2. The van der Waals surface area contributed by atoms with Gasteiger partial charge in [-0.2, -0.15) is 5.10 Å². The van der Waals surface area contributed by atoms with E-state index < -0.39 is 5.82 Å². The van der Waals surface area contributed by atoms with Gasteiger partial charge in [0.15, 0.2) is 17.4 Å². The molecule has 4 aromatic rings. The maximum Gasteiger partial charge on any atom is 0.229 e. The Bertz CT molecular complexity index is 1690. The maximum atomic E-state index is 15.4. The first kappa shape index (κ1) is 25.9. The third-order valence-corrected chi connectivity index (χ3v) is 10.1. The Labute approximate surface area is 239 Å². The summed E-state index contributed by atoms with van der Waals surface area (Å²) in [6.45, 7) is 4.35. The van der Waals surface area contributed by atoms with Gasteiger partial charge in [0.2, 0.25) is 11.8 Å². The molecule has 12 heteroatoms. The summed E-state index contributed by atoms with van der Waals surface area (Å²) in [4.78, 5) is 29.5. The van der Waals surface area contributed by atoms with Gasteiger partial charge in [0, 0.05) is 64.5 Å². The van der Waals surface area contributed by atoms with Gasteiger partial charge in [0.1, 0.15) is 12.3 Å². The van der Waals surface area contributed by atoms with Crippen LogP contribution < -0.4 is 15.4 Å². The van der Waals surface area contributed by atoms with Crippen LogP contribution in [0.1, 0.15) is 36.9 Å². The van der Waals surface area contributed by atoms with Crippen molar-refractivity contribution in [2.75, 3.05) is 11.9 Å². The highest BCUT2D eigenvalue weighted by atomic mass is 28.1. The quantitative estimate of drug-likeness (QED) is 0.330. The van der Waals surface area contributed by atoms with Gasteiger partial charge < -0.3 is 15.4 Å². The van der Waals surface area contributed by atoms with Crippen molar-refractivity contribution in [3.05, 3.63) is 59.9 Å². The minimum Gasteiger partial charge on any atom is -0.487 e. The van der Waals surface area contributed by atoms with Crippen LogP contribution in [0.2, 0.25) is 5.54 Å². The Morgan fingerprint density at radius 2 is 2.12 bits per heavy atom. The number of halogens is 1. The summed E-state index contributed by atoms with van der Waals surface area (Å²) in [5.74, 6) is 0.416. The summed E-state index contributed by atoms with van der Waals surface area (Å²) in [5, 5.41) is 14.6. The Hall–Kier alpha value is -4.06. The van der Waals surface area contributed by atoms with Gasteiger partial charge in [-0.15, -0.1) is 5.10 Å². The molecule has 1 spiro atoms. The summed E-state index contributed by atoms with van der Waals surface area (Å²) in [7, 11) is 5.48. The number of pyridine rings is 2. The molecule has 3 fully saturated rings. The van der Waals surface area contributed by atoms with Gasteiger partial charge in [-0.25, -0.2) is 8.91 Å². The van der Waals surface area contributed by atoms with Crippen molar-refractivity contribution >= 4 is 33.4 Å². The number of fused-ring (bicyclic) bond motifs is 1. The molecule has 2 N–H and O–H groups in total. The lowest BCUT2D eigenvalue weighted by Gasteiger charge is -2.20. The topological polar surface area (TPSA) is 115 Å². The molecule has 7 rings (SSSR count). The van der Waals surface area contributed by atoms with Crippen LogP contribution in [0, 0.1) is 30.0 Å². The number of hydrogen-bond donors (Lipinski definition) is 2. The average Bonchev–Trinajstić information content (AvgIpc) is 3.63. The molecule has 0 aromatic carbocycles. The van der Waals surface area contributed by atoms with Crippen LogP contribution in [0.3, 0.4) is 0 Å². The standard InChI is InChI=1S/C29H29FN7O3Si/c1-14-4-5-21(31-10-14)17-8-18(17)28(39)34-24-7-16-6-19(20(30)12-37(16)35-24)26-22(11-32-36(26)3)40-13-23-29(9-25(38)33-23)15(2)27(29)41/h4-7,10-12,15,17-18,23,27H,8-9,13H2,1-3H3,(H,33,38)(H,34,35,39)/t15?,17-,18+,23-,27-,29-/m1/s1. The summed E-state index contributed by atoms with van der Waals surface area (Å²) in [6, 6.07) is 7.18. The predicted octanol–water partition coefficient (Wildman–Crippen LogP) is 3.18. The van der Waals surface area contributed by atoms with Crippen molar-refractivity contribution in [3.63, 3.8) is 0 Å². The van der Waals surface area contributed by atoms with E-state index in [0.29, 0.717) is 40.7 Å². The third-order valence-electron chi connectivity index (χ3n) is 9.08. The first-order chi connectivity index (χ1) is 19.7. The highest BCUT2D eigenvalue weighted by molar-refractivity contribution is 6.15. The molecule has 3 aliphatic rings. The molecule has 209 valence electrons. The van der Waals surface area contributed by atoms with Gasteiger partial charge in [0.25, 0.3) is 0 Å².